The lowest BCUT2D eigenvalue weighted by atomic mass is 9.88. The Morgan fingerprint density at radius 1 is 1.30 bits per heavy atom. The first kappa shape index (κ1) is 16.3. The number of hydrogen-bond donors (Lipinski definition) is 0. The van der Waals surface area contributed by atoms with E-state index in [1.165, 1.54) is 0 Å². The summed E-state index contributed by atoms with van der Waals surface area (Å²) in [6, 6.07) is 0. The second kappa shape index (κ2) is 5.80. The van der Waals surface area contributed by atoms with E-state index in [0.717, 1.165) is 19.3 Å². The Labute approximate surface area is 135 Å². The maximum absolute atomic E-state index is 12.0. The summed E-state index contributed by atoms with van der Waals surface area (Å²) in [6.07, 6.45) is 2.50. The van der Waals surface area contributed by atoms with E-state index in [-0.39, 0.29) is 42.5 Å². The molecule has 128 valence electrons. The zero-order chi connectivity index (χ0) is 16.8. The largest absolute Gasteiger partial charge is 0.458 e. The molecule has 6 heteroatoms. The van der Waals surface area contributed by atoms with Crippen LogP contribution >= 0.6 is 0 Å². The number of ether oxygens (including phenoxy) is 3. The number of fused-ring (bicyclic) bond motifs is 1. The minimum Gasteiger partial charge on any atom is -0.458 e. The average molecular weight is 324 g/mol. The van der Waals surface area contributed by atoms with Gasteiger partial charge < -0.3 is 14.2 Å². The van der Waals surface area contributed by atoms with E-state index in [1.807, 2.05) is 6.92 Å². The molecule has 0 aromatic rings. The van der Waals surface area contributed by atoms with E-state index < -0.39 is 17.4 Å². The molecule has 1 aliphatic heterocycles. The molecule has 23 heavy (non-hydrogen) atoms. The highest BCUT2D eigenvalue weighted by Gasteiger charge is 2.63. The van der Waals surface area contributed by atoms with Gasteiger partial charge in [0, 0.05) is 11.8 Å². The van der Waals surface area contributed by atoms with E-state index in [9.17, 15) is 14.4 Å². The van der Waals surface area contributed by atoms with Gasteiger partial charge in [0.2, 0.25) is 0 Å². The van der Waals surface area contributed by atoms with Crippen LogP contribution in [-0.2, 0) is 28.6 Å². The van der Waals surface area contributed by atoms with Crippen molar-refractivity contribution < 1.29 is 28.6 Å². The van der Waals surface area contributed by atoms with Crippen molar-refractivity contribution in [3.63, 3.8) is 0 Å². The van der Waals surface area contributed by atoms with Gasteiger partial charge in [0.1, 0.15) is 12.2 Å². The monoisotopic (exact) mass is 324 g/mol. The molecule has 6 nitrogen and oxygen atoms in total. The number of carbonyl (C=O) groups is 3. The third-order valence-electron chi connectivity index (χ3n) is 5.43. The number of carbonyl (C=O) groups excluding carboxylic acids is 3. The first-order valence-electron chi connectivity index (χ1n) is 8.40. The van der Waals surface area contributed by atoms with Crippen molar-refractivity contribution in [3.8, 4) is 0 Å². The smallest absolute Gasteiger partial charge is 0.344 e. The van der Waals surface area contributed by atoms with Gasteiger partial charge in [-0.15, -0.1) is 0 Å². The lowest BCUT2D eigenvalue weighted by molar-refractivity contribution is -0.173. The summed E-state index contributed by atoms with van der Waals surface area (Å²) in [4.78, 5) is 35.7. The fourth-order valence-corrected chi connectivity index (χ4v) is 4.30. The summed E-state index contributed by atoms with van der Waals surface area (Å²) >= 11 is 0. The molecule has 1 heterocycles. The van der Waals surface area contributed by atoms with Crippen molar-refractivity contribution >= 4 is 17.9 Å². The van der Waals surface area contributed by atoms with Gasteiger partial charge in [-0.25, -0.2) is 4.79 Å². The van der Waals surface area contributed by atoms with Crippen molar-refractivity contribution in [1.29, 1.82) is 0 Å². The van der Waals surface area contributed by atoms with Crippen LogP contribution < -0.4 is 0 Å². The molecule has 0 radical (unpaired) electrons. The summed E-state index contributed by atoms with van der Waals surface area (Å²) < 4.78 is 15.9. The fourth-order valence-electron chi connectivity index (χ4n) is 4.30. The molecule has 0 spiro atoms. The Bertz CT molecular complexity index is 525. The second-order valence-corrected chi connectivity index (χ2v) is 7.57. The van der Waals surface area contributed by atoms with Crippen LogP contribution in [0.4, 0.5) is 0 Å². The van der Waals surface area contributed by atoms with Gasteiger partial charge in [0.25, 0.3) is 0 Å². The summed E-state index contributed by atoms with van der Waals surface area (Å²) in [6.45, 7) is 5.22. The minimum atomic E-state index is -0.602. The Morgan fingerprint density at radius 2 is 2.04 bits per heavy atom. The molecule has 0 amide bonds. The molecule has 5 unspecified atom stereocenters. The van der Waals surface area contributed by atoms with Crippen LogP contribution in [0.1, 0.15) is 46.5 Å². The predicted octanol–water partition coefficient (Wildman–Crippen LogP) is 1.85. The van der Waals surface area contributed by atoms with Crippen LogP contribution in [-0.4, -0.2) is 36.7 Å². The van der Waals surface area contributed by atoms with Gasteiger partial charge in [0.05, 0.1) is 11.3 Å². The zero-order valence-corrected chi connectivity index (χ0v) is 13.9. The molecule has 2 bridgehead atoms. The molecular weight excluding hydrogens is 300 g/mol. The van der Waals surface area contributed by atoms with Crippen LogP contribution in [0.3, 0.4) is 0 Å². The van der Waals surface area contributed by atoms with Crippen molar-refractivity contribution in [1.82, 2.24) is 0 Å². The molecule has 5 atom stereocenters. The first-order valence-corrected chi connectivity index (χ1v) is 8.40. The first-order chi connectivity index (χ1) is 10.8. The van der Waals surface area contributed by atoms with E-state index >= 15 is 0 Å². The fraction of sp³-hybridized carbons (Fsp3) is 0.824. The SMILES string of the molecule is CCCC(C)(C)C(=O)OCC(=O)OC1C2CC3C(=O)OC1C3C2. The predicted molar refractivity (Wildman–Crippen MR) is 79.1 cm³/mol. The maximum atomic E-state index is 12.0. The van der Waals surface area contributed by atoms with E-state index in [0.29, 0.717) is 6.42 Å². The molecule has 1 saturated heterocycles. The maximum Gasteiger partial charge on any atom is 0.344 e. The topological polar surface area (TPSA) is 78.9 Å². The Morgan fingerprint density at radius 3 is 2.74 bits per heavy atom. The van der Waals surface area contributed by atoms with Crippen LogP contribution in [0.5, 0.6) is 0 Å². The molecule has 0 N–H and O–H groups in total. The standard InChI is InChI=1S/C17H24O6/c1-4-5-17(2,3)16(20)21-8-12(18)22-13-9-6-10-11(7-9)15(19)23-14(10)13/h9-11,13-14H,4-8H2,1-3H3. The molecule has 3 aliphatic rings. The summed E-state index contributed by atoms with van der Waals surface area (Å²) in [7, 11) is 0. The Balaban J connectivity index is 1.49. The lowest BCUT2D eigenvalue weighted by Crippen LogP contribution is -2.37. The normalized spacial score (nSPS) is 34.4. The highest BCUT2D eigenvalue weighted by atomic mass is 16.6. The van der Waals surface area contributed by atoms with Crippen LogP contribution in [0.25, 0.3) is 0 Å². The van der Waals surface area contributed by atoms with Gasteiger partial charge in [-0.2, -0.15) is 0 Å². The minimum absolute atomic E-state index is 0.00683. The van der Waals surface area contributed by atoms with Crippen molar-refractivity contribution in [3.05, 3.63) is 0 Å². The molecule has 0 aromatic heterocycles. The quantitative estimate of drug-likeness (QED) is 0.548. The molecule has 2 saturated carbocycles. The average Bonchev–Trinajstić information content (AvgIpc) is 3.09. The lowest BCUT2D eigenvalue weighted by Gasteiger charge is -2.25. The van der Waals surface area contributed by atoms with Gasteiger partial charge >= 0.3 is 17.9 Å². The highest BCUT2D eigenvalue weighted by Crippen LogP contribution is 2.55. The molecular formula is C17H24O6. The zero-order valence-electron chi connectivity index (χ0n) is 13.9. The Kier molecular flexibility index (Phi) is 4.10. The second-order valence-electron chi connectivity index (χ2n) is 7.57. The van der Waals surface area contributed by atoms with E-state index in [4.69, 9.17) is 14.2 Å². The number of esters is 3. The molecule has 3 fully saturated rings. The summed E-state index contributed by atoms with van der Waals surface area (Å²) in [5.74, 6) is -0.741. The third kappa shape index (κ3) is 2.83. The van der Waals surface area contributed by atoms with E-state index in [2.05, 4.69) is 0 Å². The third-order valence-corrected chi connectivity index (χ3v) is 5.43. The van der Waals surface area contributed by atoms with Crippen LogP contribution in [0, 0.1) is 23.2 Å². The van der Waals surface area contributed by atoms with Crippen LogP contribution in [0.15, 0.2) is 0 Å². The van der Waals surface area contributed by atoms with Gasteiger partial charge in [-0.05, 0) is 33.1 Å². The number of rotatable bonds is 6. The summed E-state index contributed by atoms with van der Waals surface area (Å²) in [5, 5.41) is 0. The van der Waals surface area contributed by atoms with Crippen molar-refractivity contribution in [2.45, 2.75) is 58.7 Å². The number of hydrogen-bond acceptors (Lipinski definition) is 6. The molecule has 3 rings (SSSR count). The van der Waals surface area contributed by atoms with E-state index in [1.54, 1.807) is 13.8 Å². The van der Waals surface area contributed by atoms with Gasteiger partial charge in [-0.3, -0.25) is 9.59 Å². The molecule has 2 aliphatic carbocycles. The van der Waals surface area contributed by atoms with Gasteiger partial charge in [0.15, 0.2) is 6.61 Å². The highest BCUT2D eigenvalue weighted by molar-refractivity contribution is 5.80. The summed E-state index contributed by atoms with van der Waals surface area (Å²) in [5.41, 5.74) is -0.602. The van der Waals surface area contributed by atoms with Gasteiger partial charge in [-0.1, -0.05) is 13.3 Å². The van der Waals surface area contributed by atoms with Crippen molar-refractivity contribution in [2.75, 3.05) is 6.61 Å². The molecule has 0 aromatic carbocycles. The van der Waals surface area contributed by atoms with Crippen LogP contribution in [0.2, 0.25) is 0 Å². The Hall–Kier alpha value is -1.59. The van der Waals surface area contributed by atoms with Crippen molar-refractivity contribution in [2.24, 2.45) is 23.2 Å².